The molecule has 1 saturated heterocycles. The summed E-state index contributed by atoms with van der Waals surface area (Å²) in [6, 6.07) is 0. The number of rotatable bonds is 2. The maximum atomic E-state index is 11.6. The molecule has 0 aromatic carbocycles. The van der Waals surface area contributed by atoms with Crippen molar-refractivity contribution in [1.29, 1.82) is 0 Å². The summed E-state index contributed by atoms with van der Waals surface area (Å²) >= 11 is 0. The average molecular weight is 227 g/mol. The van der Waals surface area contributed by atoms with Gasteiger partial charge in [-0.05, 0) is 20.8 Å². The highest BCUT2D eigenvalue weighted by Gasteiger charge is 2.26. The summed E-state index contributed by atoms with van der Waals surface area (Å²) in [6.45, 7) is 11.4. The fourth-order valence-corrected chi connectivity index (χ4v) is 1.91. The molecule has 0 saturated carbocycles. The number of hydrogen-bond donors (Lipinski definition) is 0. The molecule has 0 aromatic heterocycles. The first kappa shape index (κ1) is 13.5. The van der Waals surface area contributed by atoms with E-state index >= 15 is 0 Å². The second-order valence-corrected chi connectivity index (χ2v) is 5.72. The number of likely N-dealkylation sites (N-methyl/N-ethyl adjacent to an activating group) is 1. The van der Waals surface area contributed by atoms with Crippen LogP contribution in [0.1, 0.15) is 20.8 Å². The zero-order valence-electron chi connectivity index (χ0n) is 11.3. The van der Waals surface area contributed by atoms with E-state index in [1.807, 2.05) is 14.1 Å². The standard InChI is InChI=1S/C12H25N3O/c1-12(2,3)15-8-6-14(7-9-15)10-11(16)13(4)5/h6-10H2,1-5H3. The van der Waals surface area contributed by atoms with Gasteiger partial charge in [0.15, 0.2) is 0 Å². The third-order valence-corrected chi connectivity index (χ3v) is 3.18. The molecule has 0 spiro atoms. The number of nitrogens with zero attached hydrogens (tertiary/aromatic N) is 3. The minimum atomic E-state index is 0.198. The van der Waals surface area contributed by atoms with E-state index in [9.17, 15) is 4.79 Å². The van der Waals surface area contributed by atoms with Gasteiger partial charge in [0.1, 0.15) is 0 Å². The molecule has 1 heterocycles. The lowest BCUT2D eigenvalue weighted by atomic mass is 10.1. The van der Waals surface area contributed by atoms with Crippen molar-refractivity contribution in [2.75, 3.05) is 46.8 Å². The Morgan fingerprint density at radius 3 is 2.00 bits per heavy atom. The molecule has 16 heavy (non-hydrogen) atoms. The molecule has 1 aliphatic heterocycles. The van der Waals surface area contributed by atoms with Gasteiger partial charge in [0.05, 0.1) is 6.54 Å². The summed E-state index contributed by atoms with van der Waals surface area (Å²) in [5.41, 5.74) is 0.248. The van der Waals surface area contributed by atoms with Crippen molar-refractivity contribution in [2.24, 2.45) is 0 Å². The largest absolute Gasteiger partial charge is 0.348 e. The maximum absolute atomic E-state index is 11.6. The number of carbonyl (C=O) groups excluding carboxylic acids is 1. The highest BCUT2D eigenvalue weighted by Crippen LogP contribution is 2.15. The lowest BCUT2D eigenvalue weighted by Crippen LogP contribution is -2.54. The Kier molecular flexibility index (Phi) is 4.33. The summed E-state index contributed by atoms with van der Waals surface area (Å²) < 4.78 is 0. The quantitative estimate of drug-likeness (QED) is 0.687. The van der Waals surface area contributed by atoms with E-state index in [-0.39, 0.29) is 11.4 Å². The van der Waals surface area contributed by atoms with Gasteiger partial charge in [0.2, 0.25) is 5.91 Å². The number of hydrogen-bond acceptors (Lipinski definition) is 3. The summed E-state index contributed by atoms with van der Waals surface area (Å²) in [5, 5.41) is 0. The molecule has 0 N–H and O–H groups in total. The van der Waals surface area contributed by atoms with Crippen LogP contribution in [0, 0.1) is 0 Å². The molecule has 4 nitrogen and oxygen atoms in total. The lowest BCUT2D eigenvalue weighted by Gasteiger charge is -2.42. The number of amides is 1. The van der Waals surface area contributed by atoms with Gasteiger partial charge in [-0.3, -0.25) is 14.6 Å². The molecule has 0 aromatic rings. The molecule has 1 amide bonds. The minimum Gasteiger partial charge on any atom is -0.348 e. The van der Waals surface area contributed by atoms with Crippen LogP contribution in [0.3, 0.4) is 0 Å². The Bertz CT molecular complexity index is 237. The first-order valence-electron chi connectivity index (χ1n) is 5.98. The van der Waals surface area contributed by atoms with Crippen molar-refractivity contribution in [3.8, 4) is 0 Å². The van der Waals surface area contributed by atoms with E-state index < -0.39 is 0 Å². The van der Waals surface area contributed by atoms with Crippen LogP contribution in [-0.2, 0) is 4.79 Å². The van der Waals surface area contributed by atoms with Crippen LogP contribution in [-0.4, -0.2) is 73.0 Å². The lowest BCUT2D eigenvalue weighted by molar-refractivity contribution is -0.130. The summed E-state index contributed by atoms with van der Waals surface area (Å²) in [6.07, 6.45) is 0. The Labute approximate surface area is 99.2 Å². The fraction of sp³-hybridized carbons (Fsp3) is 0.917. The van der Waals surface area contributed by atoms with Gasteiger partial charge in [-0.2, -0.15) is 0 Å². The van der Waals surface area contributed by atoms with Gasteiger partial charge >= 0.3 is 0 Å². The molecule has 1 fully saturated rings. The molecule has 0 unspecified atom stereocenters. The SMILES string of the molecule is CN(C)C(=O)CN1CCN(C(C)(C)C)CC1. The van der Waals surface area contributed by atoms with Crippen molar-refractivity contribution < 1.29 is 4.79 Å². The molecule has 1 rings (SSSR count). The molecule has 1 aliphatic rings. The molecule has 0 bridgehead atoms. The topological polar surface area (TPSA) is 26.8 Å². The first-order valence-corrected chi connectivity index (χ1v) is 5.98. The Morgan fingerprint density at radius 2 is 1.62 bits per heavy atom. The van der Waals surface area contributed by atoms with Gasteiger partial charge < -0.3 is 4.90 Å². The molecule has 0 atom stereocenters. The summed E-state index contributed by atoms with van der Waals surface area (Å²) in [5.74, 6) is 0.198. The van der Waals surface area contributed by atoms with Crippen LogP contribution >= 0.6 is 0 Å². The maximum Gasteiger partial charge on any atom is 0.236 e. The van der Waals surface area contributed by atoms with Crippen LogP contribution in [0.25, 0.3) is 0 Å². The van der Waals surface area contributed by atoms with Crippen LogP contribution in [0.5, 0.6) is 0 Å². The van der Waals surface area contributed by atoms with Crippen molar-refractivity contribution in [3.05, 3.63) is 0 Å². The van der Waals surface area contributed by atoms with Crippen LogP contribution in [0.15, 0.2) is 0 Å². The molecular weight excluding hydrogens is 202 g/mol. The third kappa shape index (κ3) is 3.76. The Balaban J connectivity index is 2.35. The highest BCUT2D eigenvalue weighted by molar-refractivity contribution is 5.77. The number of piperazine rings is 1. The van der Waals surface area contributed by atoms with Crippen LogP contribution in [0.2, 0.25) is 0 Å². The molecular formula is C12H25N3O. The van der Waals surface area contributed by atoms with E-state index in [0.717, 1.165) is 26.2 Å². The van der Waals surface area contributed by atoms with E-state index in [2.05, 4.69) is 30.6 Å². The monoisotopic (exact) mass is 227 g/mol. The van der Waals surface area contributed by atoms with Gasteiger partial charge in [0.25, 0.3) is 0 Å². The summed E-state index contributed by atoms with van der Waals surface area (Å²) in [4.78, 5) is 17.9. The van der Waals surface area contributed by atoms with Gasteiger partial charge in [-0.15, -0.1) is 0 Å². The van der Waals surface area contributed by atoms with E-state index in [4.69, 9.17) is 0 Å². The molecule has 94 valence electrons. The summed E-state index contributed by atoms with van der Waals surface area (Å²) in [7, 11) is 3.63. The number of carbonyl (C=O) groups is 1. The van der Waals surface area contributed by atoms with Crippen LogP contribution in [0.4, 0.5) is 0 Å². The van der Waals surface area contributed by atoms with Crippen LogP contribution < -0.4 is 0 Å². The molecule has 0 aliphatic carbocycles. The van der Waals surface area contributed by atoms with Crippen molar-refractivity contribution in [1.82, 2.24) is 14.7 Å². The predicted molar refractivity (Wildman–Crippen MR) is 66.5 cm³/mol. The second-order valence-electron chi connectivity index (χ2n) is 5.72. The zero-order chi connectivity index (χ0) is 12.3. The average Bonchev–Trinajstić information content (AvgIpc) is 2.17. The van der Waals surface area contributed by atoms with Crippen molar-refractivity contribution in [3.63, 3.8) is 0 Å². The predicted octanol–water partition coefficient (Wildman–Crippen LogP) is 0.491. The third-order valence-electron chi connectivity index (χ3n) is 3.18. The van der Waals surface area contributed by atoms with E-state index in [1.165, 1.54) is 0 Å². The smallest absolute Gasteiger partial charge is 0.236 e. The van der Waals surface area contributed by atoms with Crippen molar-refractivity contribution >= 4 is 5.91 Å². The second kappa shape index (κ2) is 5.15. The normalized spacial score (nSPS) is 19.8. The van der Waals surface area contributed by atoms with Gasteiger partial charge in [-0.25, -0.2) is 0 Å². The van der Waals surface area contributed by atoms with E-state index in [0.29, 0.717) is 6.54 Å². The minimum absolute atomic E-state index is 0.198. The Morgan fingerprint density at radius 1 is 1.12 bits per heavy atom. The highest BCUT2D eigenvalue weighted by atomic mass is 16.2. The van der Waals surface area contributed by atoms with E-state index in [1.54, 1.807) is 4.90 Å². The molecule has 0 radical (unpaired) electrons. The van der Waals surface area contributed by atoms with Crippen molar-refractivity contribution in [2.45, 2.75) is 26.3 Å². The van der Waals surface area contributed by atoms with Gasteiger partial charge in [0, 0.05) is 45.8 Å². The first-order chi connectivity index (χ1) is 7.30. The fourth-order valence-electron chi connectivity index (χ4n) is 1.91. The Hall–Kier alpha value is -0.610. The van der Waals surface area contributed by atoms with Gasteiger partial charge in [-0.1, -0.05) is 0 Å². The zero-order valence-corrected chi connectivity index (χ0v) is 11.3. The molecule has 4 heteroatoms.